The van der Waals surface area contributed by atoms with Crippen molar-refractivity contribution in [1.29, 1.82) is 0 Å². The minimum absolute atomic E-state index is 0.0211. The molecule has 0 spiro atoms. The van der Waals surface area contributed by atoms with E-state index < -0.39 is 18.2 Å². The summed E-state index contributed by atoms with van der Waals surface area (Å²) in [6.07, 6.45) is -4.29. The second-order valence-electron chi connectivity index (χ2n) is 5.26. The van der Waals surface area contributed by atoms with E-state index in [9.17, 15) is 22.8 Å². The first-order valence-electron chi connectivity index (χ1n) is 6.79. The molecular weight excluding hydrogens is 299 g/mol. The van der Waals surface area contributed by atoms with Crippen LogP contribution in [-0.4, -0.2) is 31.1 Å². The second-order valence-corrected chi connectivity index (χ2v) is 5.26. The van der Waals surface area contributed by atoms with Crippen molar-refractivity contribution >= 4 is 17.4 Å². The Balaban J connectivity index is 2.40. The number of carbonyl (C=O) groups excluding carboxylic acids is 2. The van der Waals surface area contributed by atoms with Gasteiger partial charge in [0.15, 0.2) is 5.78 Å². The average molecular weight is 315 g/mol. The number of ether oxygens (including phenoxy) is 1. The van der Waals surface area contributed by atoms with Crippen LogP contribution in [-0.2, 0) is 22.4 Å². The number of ketones is 1. The monoisotopic (exact) mass is 315 g/mol. The summed E-state index contributed by atoms with van der Waals surface area (Å²) in [6.45, 7) is 1.29. The molecule has 0 bridgehead atoms. The Morgan fingerprint density at radius 1 is 1.36 bits per heavy atom. The lowest BCUT2D eigenvalue weighted by Gasteiger charge is -2.30. The third-order valence-corrected chi connectivity index (χ3v) is 3.65. The number of esters is 1. The van der Waals surface area contributed by atoms with Gasteiger partial charge in [-0.3, -0.25) is 9.59 Å². The van der Waals surface area contributed by atoms with Gasteiger partial charge in [0.05, 0.1) is 13.5 Å². The van der Waals surface area contributed by atoms with E-state index in [0.29, 0.717) is 11.1 Å². The minimum atomic E-state index is -4.36. The highest BCUT2D eigenvalue weighted by Crippen LogP contribution is 2.36. The quantitative estimate of drug-likeness (QED) is 0.688. The molecular formula is C15H16F3NO3. The van der Waals surface area contributed by atoms with E-state index in [-0.39, 0.29) is 36.3 Å². The van der Waals surface area contributed by atoms with Crippen LogP contribution >= 0.6 is 0 Å². The van der Waals surface area contributed by atoms with Gasteiger partial charge in [0.25, 0.3) is 0 Å². The average Bonchev–Trinajstić information content (AvgIpc) is 2.44. The Hall–Kier alpha value is -2.05. The SMILES string of the molecule is COC(=O)Cc1cc2c(c(C(C)=O)c1)NC(C(F)(F)F)CC2. The first-order chi connectivity index (χ1) is 10.2. The number of anilines is 1. The summed E-state index contributed by atoms with van der Waals surface area (Å²) >= 11 is 0. The maximum atomic E-state index is 12.9. The molecule has 0 saturated heterocycles. The molecule has 1 aromatic rings. The van der Waals surface area contributed by atoms with Crippen LogP contribution in [0.1, 0.15) is 34.8 Å². The standard InChI is InChI=1S/C15H16F3NO3/c1-8(20)11-6-9(7-13(21)22-2)5-10-3-4-12(15(16,17)18)19-14(10)11/h5-6,12,19H,3-4,7H2,1-2H3. The maximum Gasteiger partial charge on any atom is 0.408 e. The molecule has 4 nitrogen and oxygen atoms in total. The number of nitrogens with one attached hydrogen (secondary N) is 1. The van der Waals surface area contributed by atoms with E-state index in [0.717, 1.165) is 0 Å². The molecule has 22 heavy (non-hydrogen) atoms. The smallest absolute Gasteiger partial charge is 0.408 e. The number of alkyl halides is 3. The molecule has 0 aromatic heterocycles. The Labute approximate surface area is 125 Å². The van der Waals surface area contributed by atoms with Crippen LogP contribution in [0.3, 0.4) is 0 Å². The molecule has 1 aliphatic heterocycles. The van der Waals surface area contributed by atoms with E-state index in [4.69, 9.17) is 0 Å². The van der Waals surface area contributed by atoms with E-state index in [1.807, 2.05) is 0 Å². The highest BCUT2D eigenvalue weighted by atomic mass is 19.4. The van der Waals surface area contributed by atoms with Gasteiger partial charge >= 0.3 is 12.1 Å². The van der Waals surface area contributed by atoms with Crippen LogP contribution in [0.4, 0.5) is 18.9 Å². The van der Waals surface area contributed by atoms with Crippen LogP contribution in [0.5, 0.6) is 0 Å². The first kappa shape index (κ1) is 16.3. The number of carbonyl (C=O) groups is 2. The number of halogens is 3. The second kappa shape index (κ2) is 5.98. The first-order valence-corrected chi connectivity index (χ1v) is 6.79. The molecule has 0 saturated carbocycles. The number of fused-ring (bicyclic) bond motifs is 1. The summed E-state index contributed by atoms with van der Waals surface area (Å²) in [6, 6.07) is 1.44. The number of aryl methyl sites for hydroxylation is 1. The van der Waals surface area contributed by atoms with E-state index in [1.165, 1.54) is 20.1 Å². The van der Waals surface area contributed by atoms with Crippen LogP contribution in [0.25, 0.3) is 0 Å². The molecule has 120 valence electrons. The van der Waals surface area contributed by atoms with Crippen molar-refractivity contribution in [1.82, 2.24) is 0 Å². The van der Waals surface area contributed by atoms with Crippen molar-refractivity contribution in [2.45, 2.75) is 38.4 Å². The molecule has 2 rings (SSSR count). The molecule has 1 atom stereocenters. The Bertz CT molecular complexity index is 611. The topological polar surface area (TPSA) is 55.4 Å². The molecule has 1 heterocycles. The number of hydrogen-bond acceptors (Lipinski definition) is 4. The predicted molar refractivity (Wildman–Crippen MR) is 74.0 cm³/mol. The molecule has 0 radical (unpaired) electrons. The van der Waals surface area contributed by atoms with Crippen molar-refractivity contribution in [3.63, 3.8) is 0 Å². The van der Waals surface area contributed by atoms with Crippen molar-refractivity contribution in [2.75, 3.05) is 12.4 Å². The fraction of sp³-hybridized carbons (Fsp3) is 0.467. The molecule has 1 unspecified atom stereocenters. The zero-order chi connectivity index (χ0) is 16.5. The Kier molecular flexibility index (Phi) is 4.44. The van der Waals surface area contributed by atoms with E-state index in [1.54, 1.807) is 6.07 Å². The number of methoxy groups -OCH3 is 1. The van der Waals surface area contributed by atoms with Gasteiger partial charge in [-0.05, 0) is 37.0 Å². The number of benzene rings is 1. The zero-order valence-corrected chi connectivity index (χ0v) is 12.2. The van der Waals surface area contributed by atoms with Gasteiger partial charge in [0.1, 0.15) is 6.04 Å². The normalized spacial score (nSPS) is 17.4. The third-order valence-electron chi connectivity index (χ3n) is 3.65. The summed E-state index contributed by atoms with van der Waals surface area (Å²) in [7, 11) is 1.25. The van der Waals surface area contributed by atoms with Gasteiger partial charge < -0.3 is 10.1 Å². The third kappa shape index (κ3) is 3.40. The van der Waals surface area contributed by atoms with E-state index >= 15 is 0 Å². The summed E-state index contributed by atoms with van der Waals surface area (Å²) in [4.78, 5) is 23.1. The molecule has 0 aliphatic carbocycles. The van der Waals surface area contributed by atoms with Crippen LogP contribution in [0.2, 0.25) is 0 Å². The van der Waals surface area contributed by atoms with Crippen molar-refractivity contribution < 1.29 is 27.5 Å². The van der Waals surface area contributed by atoms with Crippen LogP contribution < -0.4 is 5.32 Å². The van der Waals surface area contributed by atoms with Crippen LogP contribution in [0, 0.1) is 0 Å². The minimum Gasteiger partial charge on any atom is -0.469 e. The van der Waals surface area contributed by atoms with Gasteiger partial charge in [-0.1, -0.05) is 6.07 Å². The van der Waals surface area contributed by atoms with Gasteiger partial charge in [0.2, 0.25) is 0 Å². The molecule has 1 N–H and O–H groups in total. The Morgan fingerprint density at radius 2 is 2.05 bits per heavy atom. The van der Waals surface area contributed by atoms with Crippen molar-refractivity contribution in [3.05, 3.63) is 28.8 Å². The summed E-state index contributed by atoms with van der Waals surface area (Å²) in [5, 5.41) is 2.42. The molecule has 1 aromatic carbocycles. The van der Waals surface area contributed by atoms with Crippen molar-refractivity contribution in [2.24, 2.45) is 0 Å². The van der Waals surface area contributed by atoms with Gasteiger partial charge in [-0.15, -0.1) is 0 Å². The number of rotatable bonds is 3. The molecule has 0 amide bonds. The number of Topliss-reactive ketones (excluding diaryl/α,β-unsaturated/α-hetero) is 1. The highest BCUT2D eigenvalue weighted by molar-refractivity contribution is 6.01. The Morgan fingerprint density at radius 3 is 2.59 bits per heavy atom. The summed E-state index contributed by atoms with van der Waals surface area (Å²) in [5.74, 6) is -0.815. The lowest BCUT2D eigenvalue weighted by molar-refractivity contribution is -0.144. The maximum absolute atomic E-state index is 12.9. The van der Waals surface area contributed by atoms with Gasteiger partial charge in [-0.2, -0.15) is 13.2 Å². The lowest BCUT2D eigenvalue weighted by atomic mass is 9.91. The molecule has 7 heteroatoms. The lowest BCUT2D eigenvalue weighted by Crippen LogP contribution is -2.39. The summed E-state index contributed by atoms with van der Waals surface area (Å²) in [5.41, 5.74) is 1.57. The fourth-order valence-electron chi connectivity index (χ4n) is 2.55. The predicted octanol–water partition coefficient (Wildman–Crippen LogP) is 2.89. The van der Waals surface area contributed by atoms with Crippen LogP contribution in [0.15, 0.2) is 12.1 Å². The van der Waals surface area contributed by atoms with Gasteiger partial charge in [-0.25, -0.2) is 0 Å². The van der Waals surface area contributed by atoms with Crippen molar-refractivity contribution in [3.8, 4) is 0 Å². The van der Waals surface area contributed by atoms with E-state index in [2.05, 4.69) is 10.1 Å². The fourth-order valence-corrected chi connectivity index (χ4v) is 2.55. The highest BCUT2D eigenvalue weighted by Gasteiger charge is 2.41. The summed E-state index contributed by atoms with van der Waals surface area (Å²) < 4.78 is 43.1. The largest absolute Gasteiger partial charge is 0.469 e. The van der Waals surface area contributed by atoms with Gasteiger partial charge in [0, 0.05) is 11.3 Å². The molecule has 0 fully saturated rings. The molecule has 1 aliphatic rings. The zero-order valence-electron chi connectivity index (χ0n) is 12.2. The number of hydrogen-bond donors (Lipinski definition) is 1.